The third kappa shape index (κ3) is 4.37. The first-order valence-electron chi connectivity index (χ1n) is 14.6. The molecule has 1 saturated carbocycles. The standard InChI is InChI=1S/C33H19BrCl3F5N2O5/c1-11-2-4-13(9-18(11)35)43-28(46)15-6-5-14-17(20(15)29(43)47)10-32(36)30(48)44(27-25(41)23(39)22(38)24(40)26(27)42)31(49)33(32,37)21(14)16-8-12(34)3-7-19(16)45/h2-5,7-9,15,17,20-21,45H,6,10H2,1H3/t15-,17+,20-,21+,32+,33-/m0/s1. The number of aromatic hydroxyl groups is 1. The molecule has 0 spiro atoms. The fourth-order valence-electron chi connectivity index (χ4n) is 7.64. The summed E-state index contributed by atoms with van der Waals surface area (Å²) in [5, 5.41) is 11.4. The number of nitrogens with zero attached hydrogens (tertiary/aromatic N) is 2. The topological polar surface area (TPSA) is 95.0 Å². The predicted octanol–water partition coefficient (Wildman–Crippen LogP) is 7.58. The number of allylic oxidation sites excluding steroid dienone is 2. The number of phenolic OH excluding ortho intramolecular Hbond substituents is 1. The van der Waals surface area contributed by atoms with Gasteiger partial charge in [0.25, 0.3) is 11.8 Å². The number of hydrogen-bond donors (Lipinski definition) is 1. The second-order valence-corrected chi connectivity index (χ2v) is 14.9. The lowest BCUT2D eigenvalue weighted by molar-refractivity contribution is -0.125. The van der Waals surface area contributed by atoms with Gasteiger partial charge in [0.15, 0.2) is 33.0 Å². The van der Waals surface area contributed by atoms with Crippen molar-refractivity contribution in [2.24, 2.45) is 17.8 Å². The molecule has 3 fully saturated rings. The number of benzene rings is 3. The van der Waals surface area contributed by atoms with Gasteiger partial charge in [-0.25, -0.2) is 31.8 Å². The van der Waals surface area contributed by atoms with Gasteiger partial charge in [-0.15, -0.1) is 23.2 Å². The molecule has 3 aromatic carbocycles. The largest absolute Gasteiger partial charge is 0.508 e. The summed E-state index contributed by atoms with van der Waals surface area (Å²) >= 11 is 23.7. The Kier molecular flexibility index (Phi) is 7.79. The molecule has 0 aromatic heterocycles. The first kappa shape index (κ1) is 34.0. The van der Waals surface area contributed by atoms with Crippen LogP contribution in [0.25, 0.3) is 0 Å². The predicted molar refractivity (Wildman–Crippen MR) is 171 cm³/mol. The molecule has 0 radical (unpaired) electrons. The van der Waals surface area contributed by atoms with Crippen molar-refractivity contribution in [1.82, 2.24) is 0 Å². The summed E-state index contributed by atoms with van der Waals surface area (Å²) in [5.74, 6) is -22.3. The Morgan fingerprint density at radius 2 is 1.47 bits per heavy atom. The molecule has 1 N–H and O–H groups in total. The van der Waals surface area contributed by atoms with E-state index in [4.69, 9.17) is 34.8 Å². The van der Waals surface area contributed by atoms with Gasteiger partial charge in [-0.1, -0.05) is 45.2 Å². The van der Waals surface area contributed by atoms with E-state index in [1.807, 2.05) is 0 Å². The van der Waals surface area contributed by atoms with Crippen LogP contribution in [0.15, 0.2) is 52.5 Å². The van der Waals surface area contributed by atoms with Crippen LogP contribution >= 0.6 is 50.7 Å². The van der Waals surface area contributed by atoms with Gasteiger partial charge in [0.05, 0.1) is 17.5 Å². The molecule has 7 rings (SSSR count). The average Bonchev–Trinajstić information content (AvgIpc) is 3.40. The average molecular weight is 805 g/mol. The number of halogens is 9. The molecular formula is C33H19BrCl3F5N2O5. The molecule has 254 valence electrons. The van der Waals surface area contributed by atoms with Crippen LogP contribution in [0.3, 0.4) is 0 Å². The second kappa shape index (κ2) is 11.2. The van der Waals surface area contributed by atoms with Gasteiger partial charge in [-0.3, -0.25) is 19.2 Å². The van der Waals surface area contributed by atoms with E-state index in [0.717, 1.165) is 4.90 Å². The Labute approximate surface area is 297 Å². The van der Waals surface area contributed by atoms with E-state index in [2.05, 4.69) is 15.9 Å². The van der Waals surface area contributed by atoms with Crippen LogP contribution in [0, 0.1) is 53.8 Å². The van der Waals surface area contributed by atoms with Gasteiger partial charge in [0, 0.05) is 21.0 Å². The van der Waals surface area contributed by atoms with E-state index in [9.17, 15) is 37.5 Å². The van der Waals surface area contributed by atoms with Crippen molar-refractivity contribution in [2.45, 2.75) is 35.4 Å². The van der Waals surface area contributed by atoms with Crippen LogP contribution in [-0.2, 0) is 19.2 Å². The summed E-state index contributed by atoms with van der Waals surface area (Å²) in [4.78, 5) is 51.8. The summed E-state index contributed by atoms with van der Waals surface area (Å²) < 4.78 is 73.5. The SMILES string of the molecule is Cc1ccc(N2C(=O)[C@H]3[C@H](CC=C4[C@H]3C[C@@]3(Cl)C(=O)N(c5c(F)c(F)c(F)c(F)c5F)C(=O)[C@@]3(Cl)[C@H]4c3cc(Br)ccc3O)C2=O)cc1Cl. The Hall–Kier alpha value is -3.52. The van der Waals surface area contributed by atoms with Gasteiger partial charge in [0.2, 0.25) is 17.6 Å². The summed E-state index contributed by atoms with van der Waals surface area (Å²) in [6.07, 6.45) is 0.801. The van der Waals surface area contributed by atoms with E-state index in [0.29, 0.717) is 10.0 Å². The van der Waals surface area contributed by atoms with Crippen LogP contribution in [0.1, 0.15) is 29.9 Å². The Bertz CT molecular complexity index is 2090. The fourth-order valence-corrected chi connectivity index (χ4v) is 9.12. The highest BCUT2D eigenvalue weighted by molar-refractivity contribution is 9.10. The molecule has 2 heterocycles. The van der Waals surface area contributed by atoms with Crippen molar-refractivity contribution in [1.29, 1.82) is 0 Å². The summed E-state index contributed by atoms with van der Waals surface area (Å²) in [5.41, 5.74) is -0.938. The maximum atomic E-state index is 15.2. The second-order valence-electron chi connectivity index (χ2n) is 12.3. The molecule has 0 bridgehead atoms. The molecule has 2 saturated heterocycles. The highest BCUT2D eigenvalue weighted by Crippen LogP contribution is 2.67. The maximum absolute atomic E-state index is 15.2. The summed E-state index contributed by atoms with van der Waals surface area (Å²) in [6.45, 7) is 1.73. The van der Waals surface area contributed by atoms with Crippen molar-refractivity contribution in [3.05, 3.63) is 97.8 Å². The van der Waals surface area contributed by atoms with Crippen LogP contribution in [-0.4, -0.2) is 38.5 Å². The van der Waals surface area contributed by atoms with Crippen molar-refractivity contribution < 1.29 is 46.2 Å². The number of imide groups is 2. The molecule has 49 heavy (non-hydrogen) atoms. The Morgan fingerprint density at radius 1 is 0.837 bits per heavy atom. The zero-order valence-corrected chi connectivity index (χ0v) is 28.5. The fraction of sp³-hybridized carbons (Fsp3) is 0.273. The van der Waals surface area contributed by atoms with Gasteiger partial charge >= 0.3 is 0 Å². The lowest BCUT2D eigenvalue weighted by Crippen LogP contribution is -2.60. The first-order valence-corrected chi connectivity index (χ1v) is 16.5. The number of aryl methyl sites for hydroxylation is 1. The summed E-state index contributed by atoms with van der Waals surface area (Å²) in [6, 6.07) is 8.59. The number of carbonyl (C=O) groups excluding carboxylic acids is 4. The lowest BCUT2D eigenvalue weighted by Gasteiger charge is -2.50. The molecule has 16 heteroatoms. The van der Waals surface area contributed by atoms with Crippen molar-refractivity contribution in [2.75, 3.05) is 9.80 Å². The number of rotatable bonds is 3. The molecule has 2 aliphatic heterocycles. The summed E-state index contributed by atoms with van der Waals surface area (Å²) in [7, 11) is 0. The smallest absolute Gasteiger partial charge is 0.258 e. The molecule has 3 aromatic rings. The minimum absolute atomic E-state index is 0.0613. The van der Waals surface area contributed by atoms with E-state index in [-0.39, 0.29) is 33.2 Å². The van der Waals surface area contributed by atoms with Gasteiger partial charge in [0.1, 0.15) is 11.4 Å². The highest BCUT2D eigenvalue weighted by Gasteiger charge is 2.77. The normalized spacial score (nSPS) is 29.3. The van der Waals surface area contributed by atoms with E-state index >= 15 is 8.78 Å². The molecule has 4 amide bonds. The van der Waals surface area contributed by atoms with Crippen LogP contribution in [0.2, 0.25) is 5.02 Å². The van der Waals surface area contributed by atoms with Crippen LogP contribution in [0.5, 0.6) is 5.75 Å². The monoisotopic (exact) mass is 802 g/mol. The lowest BCUT2D eigenvalue weighted by atomic mass is 9.56. The van der Waals surface area contributed by atoms with Crippen molar-refractivity contribution in [3.63, 3.8) is 0 Å². The van der Waals surface area contributed by atoms with E-state index in [1.54, 1.807) is 13.0 Å². The quantitative estimate of drug-likeness (QED) is 0.0737. The third-order valence-corrected chi connectivity index (χ3v) is 12.2. The van der Waals surface area contributed by atoms with Crippen LogP contribution in [0.4, 0.5) is 33.3 Å². The number of carbonyl (C=O) groups is 4. The number of alkyl halides is 2. The van der Waals surface area contributed by atoms with Gasteiger partial charge in [-0.05, 0) is 61.6 Å². The van der Waals surface area contributed by atoms with Gasteiger partial charge in [-0.2, -0.15) is 0 Å². The number of phenols is 1. The number of hydrogen-bond acceptors (Lipinski definition) is 5. The number of fused-ring (bicyclic) bond motifs is 4. The number of amides is 4. The number of anilines is 2. The van der Waals surface area contributed by atoms with Crippen molar-refractivity contribution in [3.8, 4) is 5.75 Å². The Balaban J connectivity index is 1.44. The molecule has 4 aliphatic rings. The molecular weight excluding hydrogens is 786 g/mol. The third-order valence-electron chi connectivity index (χ3n) is 9.94. The first-order chi connectivity index (χ1) is 23.0. The Morgan fingerprint density at radius 3 is 2.10 bits per heavy atom. The van der Waals surface area contributed by atoms with Crippen molar-refractivity contribution >= 4 is 85.7 Å². The van der Waals surface area contributed by atoms with Crippen LogP contribution < -0.4 is 9.80 Å². The van der Waals surface area contributed by atoms with E-state index < -0.39 is 104 Å². The molecule has 6 atom stereocenters. The maximum Gasteiger partial charge on any atom is 0.258 e. The highest BCUT2D eigenvalue weighted by atomic mass is 79.9. The van der Waals surface area contributed by atoms with Gasteiger partial charge < -0.3 is 5.11 Å². The van der Waals surface area contributed by atoms with E-state index in [1.165, 1.54) is 36.4 Å². The minimum atomic E-state index is -2.75. The molecule has 7 nitrogen and oxygen atoms in total. The molecule has 2 aliphatic carbocycles. The zero-order chi connectivity index (χ0) is 35.6. The zero-order valence-electron chi connectivity index (χ0n) is 24.6. The molecule has 0 unspecified atom stereocenters. The minimum Gasteiger partial charge on any atom is -0.508 e.